The zero-order chi connectivity index (χ0) is 6.91. The molecule has 0 radical (unpaired) electrons. The van der Waals surface area contributed by atoms with Crippen molar-refractivity contribution in [2.45, 2.75) is 25.1 Å². The third-order valence-electron chi connectivity index (χ3n) is 1.76. The maximum Gasteiger partial charge on any atom is 0.127 e. The molecule has 2 N–H and O–H groups in total. The highest BCUT2D eigenvalue weighted by atomic mass is 32.2. The van der Waals surface area contributed by atoms with Crippen molar-refractivity contribution in [3.63, 3.8) is 0 Å². The van der Waals surface area contributed by atoms with Crippen LogP contribution in [0, 0.1) is 0 Å². The molecule has 2 atom stereocenters. The third kappa shape index (κ3) is 1.58. The van der Waals surface area contributed by atoms with Crippen LogP contribution in [0.3, 0.4) is 0 Å². The van der Waals surface area contributed by atoms with Gasteiger partial charge in [0.1, 0.15) is 6.17 Å². The molecule has 2 unspecified atom stereocenters. The van der Waals surface area contributed by atoms with E-state index in [9.17, 15) is 4.39 Å². The van der Waals surface area contributed by atoms with Crippen LogP contribution in [0.4, 0.5) is 4.39 Å². The van der Waals surface area contributed by atoms with Crippen molar-refractivity contribution in [3.05, 3.63) is 0 Å². The second-order valence-corrected chi connectivity index (χ2v) is 3.95. The molecule has 0 saturated carbocycles. The molecule has 3 heteroatoms. The number of alkyl halides is 1. The smallest absolute Gasteiger partial charge is 0.127 e. The summed E-state index contributed by atoms with van der Waals surface area (Å²) in [6.45, 7) is 1.79. The predicted octanol–water partition coefficient (Wildman–Crippen LogP) is 1.18. The van der Waals surface area contributed by atoms with Crippen molar-refractivity contribution in [1.82, 2.24) is 0 Å². The first kappa shape index (κ1) is 7.35. The summed E-state index contributed by atoms with van der Waals surface area (Å²) in [6.07, 6.45) is -0.00463. The molecule has 1 nitrogen and oxygen atoms in total. The van der Waals surface area contributed by atoms with Crippen LogP contribution >= 0.6 is 11.8 Å². The van der Waals surface area contributed by atoms with E-state index in [2.05, 4.69) is 0 Å². The van der Waals surface area contributed by atoms with Crippen LogP contribution in [0.2, 0.25) is 0 Å². The Hall–Kier alpha value is 0.240. The van der Waals surface area contributed by atoms with E-state index in [-0.39, 0.29) is 0 Å². The fourth-order valence-corrected chi connectivity index (χ4v) is 2.16. The monoisotopic (exact) mass is 149 g/mol. The average Bonchev–Trinajstić information content (AvgIpc) is 1.77. The lowest BCUT2D eigenvalue weighted by molar-refractivity contribution is 0.218. The summed E-state index contributed by atoms with van der Waals surface area (Å²) in [7, 11) is 0. The second kappa shape index (κ2) is 2.46. The summed E-state index contributed by atoms with van der Waals surface area (Å²) in [5.41, 5.74) is 5.08. The summed E-state index contributed by atoms with van der Waals surface area (Å²) in [6, 6.07) is 0. The van der Waals surface area contributed by atoms with Crippen LogP contribution in [-0.2, 0) is 0 Å². The van der Waals surface area contributed by atoms with Gasteiger partial charge in [-0.2, -0.15) is 11.8 Å². The minimum absolute atomic E-state index is 0.550. The summed E-state index contributed by atoms with van der Waals surface area (Å²) < 4.78 is 12.8. The van der Waals surface area contributed by atoms with E-state index >= 15 is 0 Å². The van der Waals surface area contributed by atoms with E-state index in [0.717, 1.165) is 12.2 Å². The largest absolute Gasteiger partial charge is 0.323 e. The van der Waals surface area contributed by atoms with Gasteiger partial charge in [-0.25, -0.2) is 4.39 Å². The van der Waals surface area contributed by atoms with E-state index in [1.54, 1.807) is 18.7 Å². The van der Waals surface area contributed by atoms with E-state index in [1.165, 1.54) is 0 Å². The Morgan fingerprint density at radius 1 is 1.78 bits per heavy atom. The van der Waals surface area contributed by atoms with Crippen molar-refractivity contribution in [1.29, 1.82) is 0 Å². The predicted molar refractivity (Wildman–Crippen MR) is 39.4 cm³/mol. The Balaban J connectivity index is 2.49. The number of thioether (sulfide) groups is 1. The standard InChI is InChI=1S/C6H12FNS/c1-6(8)2-3-9-4-5(6)7/h5H,2-4,8H2,1H3. The molecular formula is C6H12FNS. The van der Waals surface area contributed by atoms with Gasteiger partial charge in [0, 0.05) is 11.3 Å². The average molecular weight is 149 g/mol. The molecule has 9 heavy (non-hydrogen) atoms. The van der Waals surface area contributed by atoms with Crippen LogP contribution < -0.4 is 5.73 Å². The molecule has 0 amide bonds. The minimum Gasteiger partial charge on any atom is -0.323 e. The van der Waals surface area contributed by atoms with E-state index in [4.69, 9.17) is 5.73 Å². The van der Waals surface area contributed by atoms with Gasteiger partial charge in [-0.15, -0.1) is 0 Å². The molecule has 54 valence electrons. The van der Waals surface area contributed by atoms with Crippen LogP contribution in [0.15, 0.2) is 0 Å². The molecule has 1 fully saturated rings. The van der Waals surface area contributed by atoms with Crippen LogP contribution in [0.25, 0.3) is 0 Å². The van der Waals surface area contributed by atoms with Crippen LogP contribution in [-0.4, -0.2) is 23.2 Å². The molecule has 0 aliphatic carbocycles. The SMILES string of the molecule is CC1(N)CCSCC1F. The molecule has 1 aliphatic rings. The molecule has 0 bridgehead atoms. The van der Waals surface area contributed by atoms with Gasteiger partial charge in [-0.3, -0.25) is 0 Å². The minimum atomic E-state index is -0.809. The first-order chi connectivity index (χ1) is 4.13. The normalized spacial score (nSPS) is 45.0. The number of halogens is 1. The Morgan fingerprint density at radius 3 is 2.78 bits per heavy atom. The number of nitrogens with two attached hydrogens (primary N) is 1. The summed E-state index contributed by atoms with van der Waals surface area (Å²) >= 11 is 1.65. The van der Waals surface area contributed by atoms with E-state index in [1.807, 2.05) is 0 Å². The highest BCUT2D eigenvalue weighted by molar-refractivity contribution is 7.99. The van der Waals surface area contributed by atoms with Crippen molar-refractivity contribution in [3.8, 4) is 0 Å². The van der Waals surface area contributed by atoms with Gasteiger partial charge in [0.25, 0.3) is 0 Å². The molecule has 0 aromatic carbocycles. The zero-order valence-corrected chi connectivity index (χ0v) is 6.38. The van der Waals surface area contributed by atoms with E-state index < -0.39 is 11.7 Å². The molecule has 1 heterocycles. The lowest BCUT2D eigenvalue weighted by Gasteiger charge is -2.32. The molecule has 0 aromatic heterocycles. The molecular weight excluding hydrogens is 137 g/mol. The van der Waals surface area contributed by atoms with Gasteiger partial charge in [0.05, 0.1) is 0 Å². The fourth-order valence-electron chi connectivity index (χ4n) is 0.826. The van der Waals surface area contributed by atoms with Crippen LogP contribution in [0.1, 0.15) is 13.3 Å². The van der Waals surface area contributed by atoms with Gasteiger partial charge in [-0.1, -0.05) is 0 Å². The maximum absolute atomic E-state index is 12.8. The first-order valence-electron chi connectivity index (χ1n) is 3.13. The second-order valence-electron chi connectivity index (χ2n) is 2.80. The lowest BCUT2D eigenvalue weighted by atomic mass is 9.95. The van der Waals surface area contributed by atoms with Gasteiger partial charge in [0.2, 0.25) is 0 Å². The maximum atomic E-state index is 12.8. The van der Waals surface area contributed by atoms with Gasteiger partial charge < -0.3 is 5.73 Å². The first-order valence-corrected chi connectivity index (χ1v) is 4.29. The van der Waals surface area contributed by atoms with Gasteiger partial charge in [-0.05, 0) is 19.1 Å². The fraction of sp³-hybridized carbons (Fsp3) is 1.00. The highest BCUT2D eigenvalue weighted by Gasteiger charge is 2.32. The summed E-state index contributed by atoms with van der Waals surface area (Å²) in [5, 5.41) is 0. The number of hydrogen-bond acceptors (Lipinski definition) is 2. The van der Waals surface area contributed by atoms with Gasteiger partial charge >= 0.3 is 0 Å². The topological polar surface area (TPSA) is 26.0 Å². The molecule has 1 rings (SSSR count). The third-order valence-corrected chi connectivity index (χ3v) is 2.79. The summed E-state index contributed by atoms with van der Waals surface area (Å²) in [5.74, 6) is 1.58. The van der Waals surface area contributed by atoms with E-state index in [0.29, 0.717) is 5.75 Å². The lowest BCUT2D eigenvalue weighted by Crippen LogP contribution is -2.49. The molecule has 1 saturated heterocycles. The van der Waals surface area contributed by atoms with Crippen molar-refractivity contribution in [2.24, 2.45) is 5.73 Å². The Bertz CT molecular complexity index is 105. The zero-order valence-electron chi connectivity index (χ0n) is 5.56. The van der Waals surface area contributed by atoms with Crippen molar-refractivity contribution in [2.75, 3.05) is 11.5 Å². The van der Waals surface area contributed by atoms with Gasteiger partial charge in [0.15, 0.2) is 0 Å². The molecule has 0 spiro atoms. The van der Waals surface area contributed by atoms with Crippen LogP contribution in [0.5, 0.6) is 0 Å². The number of rotatable bonds is 0. The Morgan fingerprint density at radius 2 is 2.44 bits per heavy atom. The molecule has 1 aliphatic heterocycles. The summed E-state index contributed by atoms with van der Waals surface area (Å²) in [4.78, 5) is 0. The Kier molecular flexibility index (Phi) is 2.01. The van der Waals surface area contributed by atoms with Crippen molar-refractivity contribution >= 4 is 11.8 Å². The number of hydrogen-bond donors (Lipinski definition) is 1. The quantitative estimate of drug-likeness (QED) is 0.559. The Labute approximate surface area is 59.2 Å². The van der Waals surface area contributed by atoms with Crippen molar-refractivity contribution < 1.29 is 4.39 Å². The molecule has 0 aromatic rings. The highest BCUT2D eigenvalue weighted by Crippen LogP contribution is 2.26.